The summed E-state index contributed by atoms with van der Waals surface area (Å²) in [6, 6.07) is 6.93. The van der Waals surface area contributed by atoms with E-state index in [4.69, 9.17) is 14.6 Å². The largest absolute Gasteiger partial charge is 0.490 e. The molecule has 33 heavy (non-hydrogen) atoms. The highest BCUT2D eigenvalue weighted by Crippen LogP contribution is 2.47. The molecular weight excluding hydrogens is 420 g/mol. The van der Waals surface area contributed by atoms with Crippen molar-refractivity contribution in [3.8, 4) is 5.75 Å². The minimum Gasteiger partial charge on any atom is -0.490 e. The Morgan fingerprint density at radius 1 is 1.24 bits per heavy atom. The van der Waals surface area contributed by atoms with Gasteiger partial charge < -0.3 is 19.4 Å². The summed E-state index contributed by atoms with van der Waals surface area (Å²) in [7, 11) is 1.65. The fraction of sp³-hybridized carbons (Fsp3) is 0.480. The van der Waals surface area contributed by atoms with Crippen LogP contribution < -0.4 is 15.6 Å². The number of carbonyl (C=O) groups excluding carboxylic acids is 1. The van der Waals surface area contributed by atoms with Gasteiger partial charge in [0.05, 0.1) is 34.9 Å². The first-order valence-corrected chi connectivity index (χ1v) is 11.5. The Labute approximate surface area is 192 Å². The monoisotopic (exact) mass is 450 g/mol. The lowest BCUT2D eigenvalue weighted by Gasteiger charge is -2.51. The van der Waals surface area contributed by atoms with E-state index in [-0.39, 0.29) is 28.5 Å². The fourth-order valence-electron chi connectivity index (χ4n) is 4.84. The molecule has 1 aliphatic carbocycles. The highest BCUT2D eigenvalue weighted by Gasteiger charge is 2.49. The van der Waals surface area contributed by atoms with Crippen LogP contribution in [0.5, 0.6) is 5.75 Å². The van der Waals surface area contributed by atoms with Gasteiger partial charge in [0.25, 0.3) is 11.5 Å². The summed E-state index contributed by atoms with van der Waals surface area (Å²) in [5.41, 5.74) is 0.939. The lowest BCUT2D eigenvalue weighted by atomic mass is 9.72. The predicted molar refractivity (Wildman–Crippen MR) is 126 cm³/mol. The molecule has 1 amide bonds. The summed E-state index contributed by atoms with van der Waals surface area (Å²) in [5, 5.41) is 8.47. The third-order valence-electron chi connectivity index (χ3n) is 7.00. The number of pyridine rings is 1. The third-order valence-corrected chi connectivity index (χ3v) is 7.00. The molecule has 0 unspecified atom stereocenters. The number of benzene rings is 1. The molecule has 3 aliphatic rings. The zero-order chi connectivity index (χ0) is 23.4. The van der Waals surface area contributed by atoms with Crippen LogP contribution in [0.4, 0.5) is 5.69 Å². The van der Waals surface area contributed by atoms with Crippen LogP contribution in [0, 0.1) is 0 Å². The lowest BCUT2D eigenvalue weighted by molar-refractivity contribution is -0.169. The number of fused-ring (bicyclic) bond motifs is 4. The van der Waals surface area contributed by atoms with E-state index in [1.807, 2.05) is 30.8 Å². The molecule has 1 saturated carbocycles. The topological polar surface area (TPSA) is 87.4 Å². The molecule has 2 aliphatic heterocycles. The quantitative estimate of drug-likeness (QED) is 0.638. The molecule has 6 rings (SSSR count). The number of hydrogen-bond acceptors (Lipinski definition) is 5. The highest BCUT2D eigenvalue weighted by atomic mass is 16.5. The van der Waals surface area contributed by atoms with Crippen molar-refractivity contribution in [2.24, 2.45) is 7.05 Å². The molecule has 1 N–H and O–H groups in total. The summed E-state index contributed by atoms with van der Waals surface area (Å²) in [4.78, 5) is 25.6. The summed E-state index contributed by atoms with van der Waals surface area (Å²) in [5.74, 6) is 0.0535. The van der Waals surface area contributed by atoms with Crippen LogP contribution in [0.3, 0.4) is 0 Å². The van der Waals surface area contributed by atoms with Gasteiger partial charge in [0.1, 0.15) is 11.4 Å². The van der Waals surface area contributed by atoms with Crippen LogP contribution in [-0.2, 0) is 17.3 Å². The first-order valence-electron chi connectivity index (χ1n) is 11.5. The van der Waals surface area contributed by atoms with E-state index < -0.39 is 5.91 Å². The van der Waals surface area contributed by atoms with Crippen molar-refractivity contribution in [3.63, 3.8) is 0 Å². The van der Waals surface area contributed by atoms with Crippen molar-refractivity contribution in [3.05, 3.63) is 52.6 Å². The second-order valence-corrected chi connectivity index (χ2v) is 9.90. The van der Waals surface area contributed by atoms with E-state index in [1.165, 1.54) is 4.57 Å². The molecule has 8 heteroatoms. The van der Waals surface area contributed by atoms with Gasteiger partial charge in [-0.1, -0.05) is 0 Å². The Balaban J connectivity index is 1.53. The maximum absolute atomic E-state index is 13.2. The van der Waals surface area contributed by atoms with Crippen LogP contribution in [0.1, 0.15) is 56.8 Å². The highest BCUT2D eigenvalue weighted by molar-refractivity contribution is 6.08. The first-order chi connectivity index (χ1) is 15.7. The minimum atomic E-state index is -0.392. The van der Waals surface area contributed by atoms with Gasteiger partial charge in [0.2, 0.25) is 0 Å². The third kappa shape index (κ3) is 3.82. The minimum absolute atomic E-state index is 0.00759. The molecule has 0 spiro atoms. The number of carbonyl (C=O) groups is 1. The van der Waals surface area contributed by atoms with E-state index >= 15 is 0 Å². The molecule has 0 atom stereocenters. The van der Waals surface area contributed by atoms with Crippen molar-refractivity contribution in [1.82, 2.24) is 14.3 Å². The fourth-order valence-corrected chi connectivity index (χ4v) is 4.84. The van der Waals surface area contributed by atoms with Crippen LogP contribution in [-0.4, -0.2) is 38.6 Å². The summed E-state index contributed by atoms with van der Waals surface area (Å²) in [6.07, 6.45) is 7.62. The molecular formula is C25H30N4O4. The van der Waals surface area contributed by atoms with Gasteiger partial charge in [0, 0.05) is 30.9 Å². The van der Waals surface area contributed by atoms with E-state index in [0.29, 0.717) is 17.9 Å². The molecule has 4 heterocycles. The van der Waals surface area contributed by atoms with Crippen molar-refractivity contribution in [2.75, 3.05) is 11.9 Å². The van der Waals surface area contributed by atoms with E-state index in [0.717, 1.165) is 36.6 Å². The second-order valence-electron chi connectivity index (χ2n) is 9.90. The van der Waals surface area contributed by atoms with Gasteiger partial charge in [-0.15, -0.1) is 0 Å². The Kier molecular flexibility index (Phi) is 5.08. The Bertz CT molecular complexity index is 1260. The normalized spacial score (nSPS) is 24.4. The summed E-state index contributed by atoms with van der Waals surface area (Å²) >= 11 is 0. The molecule has 1 aromatic carbocycles. The number of amides is 1. The van der Waals surface area contributed by atoms with Crippen LogP contribution in [0.25, 0.3) is 10.9 Å². The number of aromatic nitrogens is 3. The van der Waals surface area contributed by atoms with Crippen LogP contribution in [0.15, 0.2) is 41.5 Å². The van der Waals surface area contributed by atoms with E-state index in [2.05, 4.69) is 12.2 Å². The smallest absolute Gasteiger partial charge is 0.274 e. The molecule has 174 valence electrons. The number of aryl methyl sites for hydroxylation is 1. The second kappa shape index (κ2) is 7.73. The Morgan fingerprint density at radius 3 is 2.67 bits per heavy atom. The summed E-state index contributed by atoms with van der Waals surface area (Å²) < 4.78 is 15.6. The van der Waals surface area contributed by atoms with Crippen LogP contribution in [0.2, 0.25) is 0 Å². The van der Waals surface area contributed by atoms with Crippen molar-refractivity contribution in [1.29, 1.82) is 0 Å². The first kappa shape index (κ1) is 21.7. The molecule has 2 aromatic heterocycles. The van der Waals surface area contributed by atoms with Gasteiger partial charge in [-0.3, -0.25) is 14.3 Å². The zero-order valence-electron chi connectivity index (χ0n) is 19.6. The van der Waals surface area contributed by atoms with E-state index in [9.17, 15) is 9.59 Å². The maximum Gasteiger partial charge on any atom is 0.274 e. The number of ether oxygens (including phenoxy) is 2. The van der Waals surface area contributed by atoms with Gasteiger partial charge in [-0.2, -0.15) is 5.10 Å². The molecule has 2 saturated heterocycles. The zero-order valence-corrected chi connectivity index (χ0v) is 19.6. The molecule has 3 aromatic rings. The average molecular weight is 451 g/mol. The number of anilines is 1. The average Bonchev–Trinajstić information content (AvgIpc) is 3.20. The van der Waals surface area contributed by atoms with Crippen molar-refractivity contribution in [2.45, 2.75) is 63.7 Å². The summed E-state index contributed by atoms with van der Waals surface area (Å²) in [6.45, 7) is 6.66. The molecule has 8 nitrogen and oxygen atoms in total. The number of nitrogens with zero attached hydrogens (tertiary/aromatic N) is 3. The van der Waals surface area contributed by atoms with Gasteiger partial charge in [0.15, 0.2) is 0 Å². The molecule has 2 bridgehead atoms. The molecule has 3 fully saturated rings. The number of hydrogen-bond donors (Lipinski definition) is 1. The van der Waals surface area contributed by atoms with Gasteiger partial charge in [-0.25, -0.2) is 0 Å². The Hall–Kier alpha value is -3.13. The SMILES string of the molecule is CC(C)Oc1cc2nn(C34CCC(C)(CC3)OC4)cc2cc1C(=O)Nc1cccn(C)c1=O. The van der Waals surface area contributed by atoms with Gasteiger partial charge in [-0.05, 0) is 64.7 Å². The van der Waals surface area contributed by atoms with Crippen molar-refractivity contribution < 1.29 is 14.3 Å². The van der Waals surface area contributed by atoms with Crippen LogP contribution >= 0.6 is 0 Å². The van der Waals surface area contributed by atoms with E-state index in [1.54, 1.807) is 31.4 Å². The Morgan fingerprint density at radius 2 is 2.00 bits per heavy atom. The van der Waals surface area contributed by atoms with Gasteiger partial charge >= 0.3 is 0 Å². The lowest BCUT2D eigenvalue weighted by Crippen LogP contribution is -2.54. The predicted octanol–water partition coefficient (Wildman–Crippen LogP) is 3.83. The molecule has 0 radical (unpaired) electrons. The maximum atomic E-state index is 13.2. The van der Waals surface area contributed by atoms with Crippen molar-refractivity contribution >= 4 is 22.5 Å². The number of rotatable bonds is 5. The number of nitrogens with one attached hydrogen (secondary N) is 1. The standard InChI is InChI=1S/C25H30N4O4/c1-16(2)33-21-13-20-17(12-18(21)22(30)26-19-6-5-11-28(4)23(19)31)14-29(27-20)25-9-7-24(3,8-10-25)32-15-25/h5-6,11-14,16H,7-10,15H2,1-4H3,(H,26,30).